The molecular formula is C10H7NOS. The molecule has 0 saturated carbocycles. The number of nitrogens with zero attached hydrogens (tertiary/aromatic N) is 1. The molecule has 3 heteroatoms. The van der Waals surface area contributed by atoms with Crippen molar-refractivity contribution in [3.05, 3.63) is 35.2 Å². The van der Waals surface area contributed by atoms with Crippen LogP contribution < -0.4 is 0 Å². The molecule has 0 aliphatic heterocycles. The van der Waals surface area contributed by atoms with E-state index in [1.165, 1.54) is 11.3 Å². The Morgan fingerprint density at radius 3 is 2.85 bits per heavy atom. The molecule has 1 heterocycles. The lowest BCUT2D eigenvalue weighted by Gasteiger charge is -1.92. The van der Waals surface area contributed by atoms with Crippen molar-refractivity contribution < 1.29 is 5.11 Å². The SMILES string of the molecule is N#C[C@H](O)c1cc2ccccc2s1. The largest absolute Gasteiger partial charge is 0.373 e. The quantitative estimate of drug-likeness (QED) is 0.700. The second-order valence-electron chi connectivity index (χ2n) is 2.72. The van der Waals surface area contributed by atoms with Gasteiger partial charge in [-0.15, -0.1) is 11.3 Å². The van der Waals surface area contributed by atoms with Gasteiger partial charge in [0.05, 0.1) is 6.07 Å². The van der Waals surface area contributed by atoms with Gasteiger partial charge >= 0.3 is 0 Å². The normalized spacial score (nSPS) is 12.6. The summed E-state index contributed by atoms with van der Waals surface area (Å²) in [5, 5.41) is 18.9. The van der Waals surface area contributed by atoms with Crippen molar-refractivity contribution in [1.82, 2.24) is 0 Å². The standard InChI is InChI=1S/C10H7NOS/c11-6-8(12)10-5-7-3-1-2-4-9(7)13-10/h1-5,8,12H/t8-/m0/s1. The first-order valence-electron chi connectivity index (χ1n) is 3.87. The molecule has 0 aliphatic rings. The lowest BCUT2D eigenvalue weighted by Crippen LogP contribution is -1.86. The van der Waals surface area contributed by atoms with E-state index < -0.39 is 6.10 Å². The first kappa shape index (κ1) is 8.24. The molecule has 13 heavy (non-hydrogen) atoms. The molecule has 1 aromatic heterocycles. The number of hydrogen-bond acceptors (Lipinski definition) is 3. The van der Waals surface area contributed by atoms with Gasteiger partial charge in [0.15, 0.2) is 6.10 Å². The molecule has 2 aromatic rings. The van der Waals surface area contributed by atoms with Crippen molar-refractivity contribution in [1.29, 1.82) is 5.26 Å². The summed E-state index contributed by atoms with van der Waals surface area (Å²) < 4.78 is 1.10. The molecule has 1 aromatic carbocycles. The minimum Gasteiger partial charge on any atom is -0.373 e. The van der Waals surface area contributed by atoms with Crippen molar-refractivity contribution in [3.63, 3.8) is 0 Å². The molecule has 0 aliphatic carbocycles. The summed E-state index contributed by atoms with van der Waals surface area (Å²) in [6, 6.07) is 11.5. The Kier molecular flexibility index (Phi) is 2.01. The van der Waals surface area contributed by atoms with Crippen LogP contribution in [0.4, 0.5) is 0 Å². The number of aliphatic hydroxyl groups excluding tert-OH is 1. The van der Waals surface area contributed by atoms with Crippen molar-refractivity contribution in [3.8, 4) is 6.07 Å². The van der Waals surface area contributed by atoms with Gasteiger partial charge in [-0.05, 0) is 17.5 Å². The van der Waals surface area contributed by atoms with Gasteiger partial charge in [0.2, 0.25) is 0 Å². The Balaban J connectivity index is 2.57. The van der Waals surface area contributed by atoms with Crippen LogP contribution in [0, 0.1) is 11.3 Å². The zero-order valence-corrected chi connectivity index (χ0v) is 7.58. The summed E-state index contributed by atoms with van der Waals surface area (Å²) in [6.45, 7) is 0. The van der Waals surface area contributed by atoms with E-state index in [0.717, 1.165) is 10.1 Å². The number of benzene rings is 1. The van der Waals surface area contributed by atoms with Crippen LogP contribution in [0.1, 0.15) is 11.0 Å². The summed E-state index contributed by atoms with van der Waals surface area (Å²) >= 11 is 1.46. The second-order valence-corrected chi connectivity index (χ2v) is 3.83. The highest BCUT2D eigenvalue weighted by atomic mass is 32.1. The third-order valence-corrected chi connectivity index (χ3v) is 3.00. The minimum absolute atomic E-state index is 0.712. The van der Waals surface area contributed by atoms with Gasteiger partial charge in [-0.25, -0.2) is 0 Å². The van der Waals surface area contributed by atoms with E-state index in [9.17, 15) is 5.11 Å². The third kappa shape index (κ3) is 1.42. The maximum Gasteiger partial charge on any atom is 0.175 e. The third-order valence-electron chi connectivity index (χ3n) is 1.84. The summed E-state index contributed by atoms with van der Waals surface area (Å²) in [6.07, 6.45) is -0.989. The van der Waals surface area contributed by atoms with E-state index in [-0.39, 0.29) is 0 Å². The number of aliphatic hydroxyl groups is 1. The van der Waals surface area contributed by atoms with E-state index in [1.807, 2.05) is 36.4 Å². The zero-order chi connectivity index (χ0) is 9.26. The molecule has 64 valence electrons. The molecule has 0 spiro atoms. The van der Waals surface area contributed by atoms with Crippen molar-refractivity contribution in [2.45, 2.75) is 6.10 Å². The number of rotatable bonds is 1. The smallest absolute Gasteiger partial charge is 0.175 e. The van der Waals surface area contributed by atoms with Crippen molar-refractivity contribution >= 4 is 21.4 Å². The highest BCUT2D eigenvalue weighted by Gasteiger charge is 2.08. The molecule has 0 saturated heterocycles. The Morgan fingerprint density at radius 2 is 2.15 bits per heavy atom. The van der Waals surface area contributed by atoms with Crippen LogP contribution in [0.2, 0.25) is 0 Å². The topological polar surface area (TPSA) is 44.0 Å². The summed E-state index contributed by atoms with van der Waals surface area (Å²) in [4.78, 5) is 0.712. The number of hydrogen-bond donors (Lipinski definition) is 1. The van der Waals surface area contributed by atoms with Gasteiger partial charge in [-0.1, -0.05) is 18.2 Å². The first-order valence-corrected chi connectivity index (χ1v) is 4.69. The minimum atomic E-state index is -0.989. The van der Waals surface area contributed by atoms with Crippen molar-refractivity contribution in [2.75, 3.05) is 0 Å². The Morgan fingerprint density at radius 1 is 1.38 bits per heavy atom. The van der Waals surface area contributed by atoms with Gasteiger partial charge in [-0.3, -0.25) is 0 Å². The fourth-order valence-corrected chi connectivity index (χ4v) is 2.20. The molecule has 1 atom stereocenters. The average molecular weight is 189 g/mol. The Bertz CT molecular complexity index is 436. The number of fused-ring (bicyclic) bond motifs is 1. The molecular weight excluding hydrogens is 182 g/mol. The van der Waals surface area contributed by atoms with E-state index in [0.29, 0.717) is 4.88 Å². The molecule has 2 nitrogen and oxygen atoms in total. The molecule has 0 amide bonds. The maximum absolute atomic E-state index is 9.28. The molecule has 0 bridgehead atoms. The van der Waals surface area contributed by atoms with E-state index in [4.69, 9.17) is 5.26 Å². The highest BCUT2D eigenvalue weighted by molar-refractivity contribution is 7.19. The molecule has 2 rings (SSSR count). The summed E-state index contributed by atoms with van der Waals surface area (Å²) in [5.74, 6) is 0. The first-order chi connectivity index (χ1) is 6.31. The van der Waals surface area contributed by atoms with Gasteiger partial charge in [-0.2, -0.15) is 5.26 Å². The molecule has 0 fully saturated rings. The van der Waals surface area contributed by atoms with Crippen LogP contribution in [-0.4, -0.2) is 5.11 Å². The lowest BCUT2D eigenvalue weighted by atomic mass is 10.2. The van der Waals surface area contributed by atoms with Gasteiger partial charge in [0, 0.05) is 9.58 Å². The van der Waals surface area contributed by atoms with Crippen LogP contribution in [0.15, 0.2) is 30.3 Å². The Hall–Kier alpha value is -1.37. The molecule has 1 N–H and O–H groups in total. The zero-order valence-electron chi connectivity index (χ0n) is 6.77. The summed E-state index contributed by atoms with van der Waals surface area (Å²) in [5.41, 5.74) is 0. The summed E-state index contributed by atoms with van der Waals surface area (Å²) in [7, 11) is 0. The van der Waals surface area contributed by atoms with Gasteiger partial charge < -0.3 is 5.11 Å². The lowest BCUT2D eigenvalue weighted by molar-refractivity contribution is 0.240. The number of nitriles is 1. The van der Waals surface area contributed by atoms with E-state index in [2.05, 4.69) is 0 Å². The predicted molar refractivity (Wildman–Crippen MR) is 52.4 cm³/mol. The monoisotopic (exact) mass is 189 g/mol. The van der Waals surface area contributed by atoms with Crippen molar-refractivity contribution in [2.24, 2.45) is 0 Å². The van der Waals surface area contributed by atoms with Crippen LogP contribution in [0.5, 0.6) is 0 Å². The van der Waals surface area contributed by atoms with Crippen LogP contribution in [-0.2, 0) is 0 Å². The van der Waals surface area contributed by atoms with Crippen LogP contribution >= 0.6 is 11.3 Å². The van der Waals surface area contributed by atoms with E-state index in [1.54, 1.807) is 0 Å². The highest BCUT2D eigenvalue weighted by Crippen LogP contribution is 2.29. The van der Waals surface area contributed by atoms with Crippen LogP contribution in [0.3, 0.4) is 0 Å². The van der Waals surface area contributed by atoms with Gasteiger partial charge in [0.25, 0.3) is 0 Å². The predicted octanol–water partition coefficient (Wildman–Crippen LogP) is 2.46. The Labute approximate surface area is 79.7 Å². The van der Waals surface area contributed by atoms with E-state index >= 15 is 0 Å². The maximum atomic E-state index is 9.28. The second kappa shape index (κ2) is 3.17. The molecule has 0 radical (unpaired) electrons. The fraction of sp³-hybridized carbons (Fsp3) is 0.100. The fourth-order valence-electron chi connectivity index (χ4n) is 1.20. The molecule has 0 unspecified atom stereocenters. The average Bonchev–Trinajstić information content (AvgIpc) is 2.59. The number of thiophene rings is 1. The van der Waals surface area contributed by atoms with Gasteiger partial charge in [0.1, 0.15) is 0 Å². The van der Waals surface area contributed by atoms with Crippen LogP contribution in [0.25, 0.3) is 10.1 Å².